The molecule has 1 rings (SSSR count). The molecule has 1 aromatic carbocycles. The summed E-state index contributed by atoms with van der Waals surface area (Å²) in [6.07, 6.45) is -0.666. The van der Waals surface area contributed by atoms with E-state index in [9.17, 15) is 28.1 Å². The molecule has 0 spiro atoms. The second-order valence-electron chi connectivity index (χ2n) is 3.67. The van der Waals surface area contributed by atoms with Crippen molar-refractivity contribution in [2.45, 2.75) is 11.3 Å². The van der Waals surface area contributed by atoms with Crippen LogP contribution in [0.5, 0.6) is 0 Å². The van der Waals surface area contributed by atoms with Crippen molar-refractivity contribution in [3.8, 4) is 0 Å². The van der Waals surface area contributed by atoms with Crippen LogP contribution in [-0.2, 0) is 19.6 Å². The maximum atomic E-state index is 11.3. The van der Waals surface area contributed by atoms with E-state index in [1.807, 2.05) is 0 Å². The highest BCUT2D eigenvalue weighted by Gasteiger charge is 2.20. The normalized spacial score (nSPS) is 10.8. The van der Waals surface area contributed by atoms with E-state index in [1.54, 1.807) is 0 Å². The van der Waals surface area contributed by atoms with Crippen LogP contribution in [0.1, 0.15) is 6.42 Å². The molecule has 0 bridgehead atoms. The molecule has 0 radical (unpaired) electrons. The average molecular weight is 302 g/mol. The first-order chi connectivity index (χ1) is 9.11. The Kier molecular flexibility index (Phi) is 4.37. The van der Waals surface area contributed by atoms with Crippen LogP contribution in [0.2, 0.25) is 0 Å². The Morgan fingerprint density at radius 3 is 2.40 bits per heavy atom. The number of benzene rings is 1. The van der Waals surface area contributed by atoms with Gasteiger partial charge in [-0.2, -0.15) is 0 Å². The smallest absolute Gasteiger partial charge is 0.270 e. The number of sulfonamides is 1. The number of primary amides is 1. The number of primary sulfonamides is 1. The topological polar surface area (TPSA) is 175 Å². The fourth-order valence-electron chi connectivity index (χ4n) is 1.32. The van der Waals surface area contributed by atoms with Gasteiger partial charge in [-0.1, -0.05) is 0 Å². The summed E-state index contributed by atoms with van der Waals surface area (Å²) in [5.41, 5.74) is 4.02. The number of anilines is 1. The van der Waals surface area contributed by atoms with E-state index in [4.69, 9.17) is 10.9 Å². The molecule has 0 heterocycles. The third kappa shape index (κ3) is 4.00. The Hall–Kier alpha value is -2.53. The molecule has 11 heteroatoms. The summed E-state index contributed by atoms with van der Waals surface area (Å²) < 4.78 is 22.7. The van der Waals surface area contributed by atoms with Crippen LogP contribution in [0.4, 0.5) is 11.4 Å². The monoisotopic (exact) mass is 302 g/mol. The molecular weight excluding hydrogens is 292 g/mol. The summed E-state index contributed by atoms with van der Waals surface area (Å²) in [6, 6.07) is 2.68. The van der Waals surface area contributed by atoms with Gasteiger partial charge in [0.25, 0.3) is 5.69 Å². The van der Waals surface area contributed by atoms with Crippen LogP contribution >= 0.6 is 0 Å². The Bertz CT molecular complexity index is 684. The predicted octanol–water partition coefficient (Wildman–Crippen LogP) is -0.944. The van der Waals surface area contributed by atoms with Gasteiger partial charge in [0, 0.05) is 12.1 Å². The number of nitrogens with one attached hydrogen (secondary N) is 1. The molecule has 0 aliphatic carbocycles. The summed E-state index contributed by atoms with van der Waals surface area (Å²) in [4.78, 5) is 31.0. The number of nitro groups is 1. The van der Waals surface area contributed by atoms with Crippen LogP contribution in [0.15, 0.2) is 23.1 Å². The molecule has 0 saturated heterocycles. The molecule has 10 nitrogen and oxygen atoms in total. The highest BCUT2D eigenvalue weighted by Crippen LogP contribution is 2.25. The lowest BCUT2D eigenvalue weighted by molar-refractivity contribution is -0.385. The minimum Gasteiger partial charge on any atom is -0.369 e. The molecule has 0 aromatic heterocycles. The van der Waals surface area contributed by atoms with Gasteiger partial charge < -0.3 is 11.1 Å². The fraction of sp³-hybridized carbons (Fsp3) is 0.111. The first-order valence-electron chi connectivity index (χ1n) is 5.00. The van der Waals surface area contributed by atoms with Crippen LogP contribution in [0, 0.1) is 10.1 Å². The number of nitrogens with two attached hydrogens (primary N) is 2. The Morgan fingerprint density at radius 2 is 1.95 bits per heavy atom. The van der Waals surface area contributed by atoms with Crippen LogP contribution in [0.25, 0.3) is 0 Å². The third-order valence-corrected chi connectivity index (χ3v) is 3.04. The quantitative estimate of drug-likeness (QED) is 0.359. The van der Waals surface area contributed by atoms with Crippen molar-refractivity contribution in [3.63, 3.8) is 0 Å². The molecule has 20 heavy (non-hydrogen) atoms. The standard InChI is InChI=1S/C9H10N4O6S/c10-8(14)4-9(15)12-6-2-1-5(13(16)17)3-7(6)20(11,18)19/h1-3H,4H2,(H2,10,14)(H,12,15)(H2,11,18,19). The lowest BCUT2D eigenvalue weighted by Gasteiger charge is -2.08. The van der Waals surface area contributed by atoms with Crippen molar-refractivity contribution in [3.05, 3.63) is 28.3 Å². The first kappa shape index (κ1) is 15.5. The third-order valence-electron chi connectivity index (χ3n) is 2.09. The Morgan fingerprint density at radius 1 is 1.35 bits per heavy atom. The second-order valence-corrected chi connectivity index (χ2v) is 5.20. The molecule has 0 atom stereocenters. The highest BCUT2D eigenvalue weighted by molar-refractivity contribution is 7.89. The average Bonchev–Trinajstić information content (AvgIpc) is 2.26. The van der Waals surface area contributed by atoms with Crippen molar-refractivity contribution >= 4 is 33.2 Å². The Labute approximate surface area is 112 Å². The van der Waals surface area contributed by atoms with E-state index < -0.39 is 43.8 Å². The molecule has 0 unspecified atom stereocenters. The number of nitrogens with zero attached hydrogens (tertiary/aromatic N) is 1. The molecule has 0 aliphatic heterocycles. The maximum Gasteiger partial charge on any atom is 0.270 e. The van der Waals surface area contributed by atoms with Gasteiger partial charge in [0.2, 0.25) is 21.8 Å². The van der Waals surface area contributed by atoms with Crippen molar-refractivity contribution in [2.75, 3.05) is 5.32 Å². The molecule has 2 amide bonds. The molecular formula is C9H10N4O6S. The van der Waals surface area contributed by atoms with E-state index in [2.05, 4.69) is 5.32 Å². The highest BCUT2D eigenvalue weighted by atomic mass is 32.2. The van der Waals surface area contributed by atoms with Gasteiger partial charge in [0.1, 0.15) is 11.3 Å². The number of hydrogen-bond donors (Lipinski definition) is 3. The van der Waals surface area contributed by atoms with Crippen molar-refractivity contribution in [1.29, 1.82) is 0 Å². The maximum absolute atomic E-state index is 11.3. The summed E-state index contributed by atoms with van der Waals surface area (Å²) in [5.74, 6) is -1.78. The van der Waals surface area contributed by atoms with Crippen LogP contribution in [0.3, 0.4) is 0 Å². The summed E-state index contributed by atoms with van der Waals surface area (Å²) >= 11 is 0. The lowest BCUT2D eigenvalue weighted by atomic mass is 10.2. The van der Waals surface area contributed by atoms with Crippen LogP contribution in [-0.4, -0.2) is 25.2 Å². The zero-order chi connectivity index (χ0) is 15.5. The molecule has 5 N–H and O–H groups in total. The van der Waals surface area contributed by atoms with Crippen molar-refractivity contribution in [2.24, 2.45) is 10.9 Å². The minimum absolute atomic E-state index is 0.274. The number of amides is 2. The van der Waals surface area contributed by atoms with E-state index in [-0.39, 0.29) is 5.69 Å². The SMILES string of the molecule is NC(=O)CC(=O)Nc1ccc([N+](=O)[O-])cc1S(N)(=O)=O. The second kappa shape index (κ2) is 5.63. The minimum atomic E-state index is -4.30. The number of carbonyl (C=O) groups excluding carboxylic acids is 2. The van der Waals surface area contributed by atoms with E-state index >= 15 is 0 Å². The molecule has 1 aromatic rings. The number of non-ortho nitro benzene ring substituents is 1. The van der Waals surface area contributed by atoms with E-state index in [0.29, 0.717) is 6.07 Å². The van der Waals surface area contributed by atoms with E-state index in [0.717, 1.165) is 12.1 Å². The molecule has 0 saturated carbocycles. The van der Waals surface area contributed by atoms with E-state index in [1.165, 1.54) is 0 Å². The predicted molar refractivity (Wildman–Crippen MR) is 66.9 cm³/mol. The molecule has 0 fully saturated rings. The van der Waals surface area contributed by atoms with Gasteiger partial charge in [-0.3, -0.25) is 19.7 Å². The zero-order valence-electron chi connectivity index (χ0n) is 9.90. The number of rotatable bonds is 5. The van der Waals surface area contributed by atoms with Crippen molar-refractivity contribution < 1.29 is 22.9 Å². The van der Waals surface area contributed by atoms with Gasteiger partial charge in [-0.25, -0.2) is 13.6 Å². The van der Waals surface area contributed by atoms with Gasteiger partial charge in [0.15, 0.2) is 0 Å². The lowest BCUT2D eigenvalue weighted by Crippen LogP contribution is -2.23. The fourth-order valence-corrected chi connectivity index (χ4v) is 2.03. The largest absolute Gasteiger partial charge is 0.369 e. The van der Waals surface area contributed by atoms with Gasteiger partial charge in [0.05, 0.1) is 10.6 Å². The summed E-state index contributed by atoms with van der Waals surface area (Å²) in [6.45, 7) is 0. The summed E-state index contributed by atoms with van der Waals surface area (Å²) in [7, 11) is -4.30. The van der Waals surface area contributed by atoms with Gasteiger partial charge in [-0.15, -0.1) is 0 Å². The Balaban J connectivity index is 3.23. The molecule has 0 aliphatic rings. The molecule has 108 valence electrons. The number of hydrogen-bond acceptors (Lipinski definition) is 6. The van der Waals surface area contributed by atoms with Crippen LogP contribution < -0.4 is 16.2 Å². The first-order valence-corrected chi connectivity index (χ1v) is 6.55. The number of nitro benzene ring substituents is 1. The summed E-state index contributed by atoms with van der Waals surface area (Å²) in [5, 5.41) is 17.6. The van der Waals surface area contributed by atoms with Gasteiger partial charge in [-0.05, 0) is 6.07 Å². The number of carbonyl (C=O) groups is 2. The zero-order valence-corrected chi connectivity index (χ0v) is 10.7. The van der Waals surface area contributed by atoms with Gasteiger partial charge >= 0.3 is 0 Å². The van der Waals surface area contributed by atoms with Crippen molar-refractivity contribution in [1.82, 2.24) is 0 Å².